The first-order valence-corrected chi connectivity index (χ1v) is 11.6. The number of benzene rings is 1. The number of alkyl halides is 3. The number of hydrogen-bond donors (Lipinski definition) is 3. The molecule has 8 nitrogen and oxygen atoms in total. The molecule has 0 aliphatic heterocycles. The number of rotatable bonds is 8. The minimum atomic E-state index is -4.53. The second-order valence-corrected chi connectivity index (χ2v) is 9.10. The molecule has 0 atom stereocenters. The summed E-state index contributed by atoms with van der Waals surface area (Å²) < 4.78 is 45.4. The second-order valence-electron chi connectivity index (χ2n) is 8.18. The molecular weight excluding hydrogens is 543 g/mol. The van der Waals surface area contributed by atoms with Crippen molar-refractivity contribution in [3.05, 3.63) is 76.3 Å². The van der Waals surface area contributed by atoms with Gasteiger partial charge in [0, 0.05) is 10.7 Å². The average Bonchev–Trinajstić information content (AvgIpc) is 3.64. The Balaban J connectivity index is 1.35. The highest BCUT2D eigenvalue weighted by molar-refractivity contribution is 9.10. The molecule has 2 aromatic heterocycles. The van der Waals surface area contributed by atoms with Crippen LogP contribution in [-0.4, -0.2) is 34.4 Å². The molecule has 0 unspecified atom stereocenters. The standard InChI is InChI=1S/C24H21BrF3N5O3/c1-36-18-8-14(10-29-13-18)21(34)33-23(6-7-23)22(35)31-11-16-3-4-17(12-30-16)32-20-5-2-15(25)9-19(20)24(26,27)28/h2-5,8-10,12-13,32H,6-7,11H2,1H3,(H,31,35)(H,33,34). The van der Waals surface area contributed by atoms with Gasteiger partial charge in [0.1, 0.15) is 11.3 Å². The molecular formula is C24H21BrF3N5O3. The van der Waals surface area contributed by atoms with Crippen molar-refractivity contribution < 1.29 is 27.5 Å². The lowest BCUT2D eigenvalue weighted by Crippen LogP contribution is -2.48. The molecule has 0 spiro atoms. The highest BCUT2D eigenvalue weighted by atomic mass is 79.9. The van der Waals surface area contributed by atoms with E-state index in [1.165, 1.54) is 43.9 Å². The molecule has 3 aromatic rings. The average molecular weight is 564 g/mol. The van der Waals surface area contributed by atoms with Crippen LogP contribution in [-0.2, 0) is 17.5 Å². The predicted molar refractivity (Wildman–Crippen MR) is 129 cm³/mol. The first-order valence-electron chi connectivity index (χ1n) is 10.8. The lowest BCUT2D eigenvalue weighted by molar-refractivity contribution is -0.137. The summed E-state index contributed by atoms with van der Waals surface area (Å²) in [4.78, 5) is 33.5. The Morgan fingerprint density at radius 2 is 1.89 bits per heavy atom. The SMILES string of the molecule is COc1cncc(C(=O)NC2(C(=O)NCc3ccc(Nc4ccc(Br)cc4C(F)(F)F)cn3)CC2)c1. The normalized spacial score (nSPS) is 14.0. The van der Waals surface area contributed by atoms with E-state index in [4.69, 9.17) is 4.74 Å². The van der Waals surface area contributed by atoms with Crippen molar-refractivity contribution in [2.24, 2.45) is 0 Å². The lowest BCUT2D eigenvalue weighted by Gasteiger charge is -2.17. The number of halogens is 4. The minimum absolute atomic E-state index is 0.0868. The number of carbonyl (C=O) groups excluding carboxylic acids is 2. The molecule has 4 rings (SSSR count). The predicted octanol–water partition coefficient (Wildman–Crippen LogP) is 4.59. The van der Waals surface area contributed by atoms with E-state index in [0.29, 0.717) is 34.4 Å². The fraction of sp³-hybridized carbons (Fsp3) is 0.250. The molecule has 1 aromatic carbocycles. The van der Waals surface area contributed by atoms with Gasteiger partial charge in [-0.1, -0.05) is 15.9 Å². The lowest BCUT2D eigenvalue weighted by atomic mass is 10.1. The van der Waals surface area contributed by atoms with Crippen LogP contribution in [0.2, 0.25) is 0 Å². The topological polar surface area (TPSA) is 105 Å². The zero-order valence-corrected chi connectivity index (χ0v) is 20.5. The Kier molecular flexibility index (Phi) is 7.16. The molecule has 1 aliphatic rings. The van der Waals surface area contributed by atoms with Crippen LogP contribution in [0.4, 0.5) is 24.5 Å². The van der Waals surface area contributed by atoms with Crippen LogP contribution in [0.1, 0.15) is 34.5 Å². The maximum Gasteiger partial charge on any atom is 0.418 e. The number of nitrogens with zero attached hydrogens (tertiary/aromatic N) is 2. The summed E-state index contributed by atoms with van der Waals surface area (Å²) >= 11 is 3.06. The summed E-state index contributed by atoms with van der Waals surface area (Å²) in [5.41, 5.74) is -0.786. The van der Waals surface area contributed by atoms with Crippen LogP contribution in [0.15, 0.2) is 59.5 Å². The maximum absolute atomic E-state index is 13.3. The van der Waals surface area contributed by atoms with Crippen molar-refractivity contribution in [3.8, 4) is 5.75 Å². The van der Waals surface area contributed by atoms with E-state index in [1.807, 2.05) is 0 Å². The Labute approximate surface area is 212 Å². The first kappa shape index (κ1) is 25.4. The number of pyridine rings is 2. The number of aromatic nitrogens is 2. The van der Waals surface area contributed by atoms with Gasteiger partial charge in [0.05, 0.1) is 54.2 Å². The van der Waals surface area contributed by atoms with E-state index in [1.54, 1.807) is 12.1 Å². The molecule has 2 amide bonds. The largest absolute Gasteiger partial charge is 0.495 e. The Morgan fingerprint density at radius 3 is 2.53 bits per heavy atom. The minimum Gasteiger partial charge on any atom is -0.495 e. The molecule has 0 saturated heterocycles. The Hall–Kier alpha value is -3.67. The van der Waals surface area contributed by atoms with Crippen molar-refractivity contribution in [2.75, 3.05) is 12.4 Å². The number of carbonyl (C=O) groups is 2. The quantitative estimate of drug-likeness (QED) is 0.370. The third-order valence-electron chi connectivity index (χ3n) is 5.57. The number of amides is 2. The molecule has 0 radical (unpaired) electrons. The number of nitrogens with one attached hydrogen (secondary N) is 3. The highest BCUT2D eigenvalue weighted by Gasteiger charge is 2.51. The first-order chi connectivity index (χ1) is 17.1. The summed E-state index contributed by atoms with van der Waals surface area (Å²) in [6.45, 7) is 0.0868. The molecule has 3 N–H and O–H groups in total. The van der Waals surface area contributed by atoms with Crippen LogP contribution in [0.5, 0.6) is 5.75 Å². The van der Waals surface area contributed by atoms with Crippen LogP contribution < -0.4 is 20.7 Å². The van der Waals surface area contributed by atoms with Crippen molar-refractivity contribution >= 4 is 39.1 Å². The molecule has 188 valence electrons. The van der Waals surface area contributed by atoms with Crippen LogP contribution in [0.3, 0.4) is 0 Å². The fourth-order valence-corrected chi connectivity index (χ4v) is 3.80. The monoisotopic (exact) mass is 563 g/mol. The third-order valence-corrected chi connectivity index (χ3v) is 6.06. The zero-order valence-electron chi connectivity index (χ0n) is 18.9. The van der Waals surface area contributed by atoms with Crippen molar-refractivity contribution in [3.63, 3.8) is 0 Å². The molecule has 2 heterocycles. The van der Waals surface area contributed by atoms with Gasteiger partial charge in [-0.3, -0.25) is 19.6 Å². The summed E-state index contributed by atoms with van der Waals surface area (Å²) in [5.74, 6) is -0.357. The number of methoxy groups -OCH3 is 1. The van der Waals surface area contributed by atoms with Gasteiger partial charge in [-0.15, -0.1) is 0 Å². The van der Waals surface area contributed by atoms with Gasteiger partial charge in [0.25, 0.3) is 5.91 Å². The van der Waals surface area contributed by atoms with E-state index in [0.717, 1.165) is 6.07 Å². The molecule has 0 bridgehead atoms. The van der Waals surface area contributed by atoms with Crippen molar-refractivity contribution in [2.45, 2.75) is 31.1 Å². The van der Waals surface area contributed by atoms with Gasteiger partial charge in [-0.2, -0.15) is 13.2 Å². The van der Waals surface area contributed by atoms with Gasteiger partial charge < -0.3 is 20.7 Å². The van der Waals surface area contributed by atoms with E-state index < -0.39 is 23.2 Å². The summed E-state index contributed by atoms with van der Waals surface area (Å²) in [6, 6.07) is 8.52. The zero-order chi connectivity index (χ0) is 25.9. The van der Waals surface area contributed by atoms with E-state index in [-0.39, 0.29) is 23.7 Å². The van der Waals surface area contributed by atoms with Crippen LogP contribution >= 0.6 is 15.9 Å². The Bertz CT molecular complexity index is 1280. The van der Waals surface area contributed by atoms with E-state index in [2.05, 4.69) is 41.8 Å². The number of hydrogen-bond acceptors (Lipinski definition) is 6. The summed E-state index contributed by atoms with van der Waals surface area (Å²) in [6.07, 6.45) is 0.699. The van der Waals surface area contributed by atoms with E-state index in [9.17, 15) is 22.8 Å². The van der Waals surface area contributed by atoms with Gasteiger partial charge in [-0.05, 0) is 49.2 Å². The number of anilines is 2. The maximum atomic E-state index is 13.3. The molecule has 1 saturated carbocycles. The molecule has 1 fully saturated rings. The Morgan fingerprint density at radius 1 is 1.11 bits per heavy atom. The van der Waals surface area contributed by atoms with Crippen molar-refractivity contribution in [1.29, 1.82) is 0 Å². The van der Waals surface area contributed by atoms with Crippen molar-refractivity contribution in [1.82, 2.24) is 20.6 Å². The number of ether oxygens (including phenoxy) is 1. The van der Waals surface area contributed by atoms with Gasteiger partial charge >= 0.3 is 6.18 Å². The van der Waals surface area contributed by atoms with Crippen LogP contribution in [0.25, 0.3) is 0 Å². The van der Waals surface area contributed by atoms with Gasteiger partial charge in [-0.25, -0.2) is 0 Å². The molecule has 1 aliphatic carbocycles. The van der Waals surface area contributed by atoms with Gasteiger partial charge in [0.15, 0.2) is 0 Å². The highest BCUT2D eigenvalue weighted by Crippen LogP contribution is 2.38. The molecule has 12 heteroatoms. The van der Waals surface area contributed by atoms with E-state index >= 15 is 0 Å². The summed E-state index contributed by atoms with van der Waals surface area (Å²) in [5, 5.41) is 8.24. The summed E-state index contributed by atoms with van der Waals surface area (Å²) in [7, 11) is 1.46. The third kappa shape index (κ3) is 5.93. The van der Waals surface area contributed by atoms with Crippen LogP contribution in [0, 0.1) is 0 Å². The second kappa shape index (κ2) is 10.1. The molecule has 36 heavy (non-hydrogen) atoms. The smallest absolute Gasteiger partial charge is 0.418 e. The fourth-order valence-electron chi connectivity index (χ4n) is 3.44. The van der Waals surface area contributed by atoms with Gasteiger partial charge in [0.2, 0.25) is 5.91 Å².